The van der Waals surface area contributed by atoms with E-state index >= 15 is 0 Å². The number of fused-ring (bicyclic) bond motifs is 1. The van der Waals surface area contributed by atoms with Crippen molar-refractivity contribution in [3.63, 3.8) is 0 Å². The molecule has 0 spiro atoms. The maximum atomic E-state index is 5.44. The third-order valence-corrected chi connectivity index (χ3v) is 4.40. The fraction of sp³-hybridized carbons (Fsp3) is 0.286. The van der Waals surface area contributed by atoms with Crippen molar-refractivity contribution in [2.45, 2.75) is 13.3 Å². The molecule has 5 heteroatoms. The van der Waals surface area contributed by atoms with Crippen LogP contribution in [0.25, 0.3) is 10.9 Å². The normalized spacial score (nSPS) is 10.6. The Kier molecular flexibility index (Phi) is 5.46. The van der Waals surface area contributed by atoms with Gasteiger partial charge in [-0.3, -0.25) is 0 Å². The first kappa shape index (κ1) is 17.9. The van der Waals surface area contributed by atoms with Crippen molar-refractivity contribution in [2.75, 3.05) is 33.2 Å². The van der Waals surface area contributed by atoms with Gasteiger partial charge in [-0.2, -0.15) is 0 Å². The van der Waals surface area contributed by atoms with E-state index in [1.165, 1.54) is 11.1 Å². The van der Waals surface area contributed by atoms with Crippen molar-refractivity contribution in [3.05, 3.63) is 53.6 Å². The van der Waals surface area contributed by atoms with Crippen LogP contribution in [0.15, 0.2) is 42.5 Å². The van der Waals surface area contributed by atoms with Gasteiger partial charge in [-0.25, -0.2) is 4.98 Å². The predicted octanol–water partition coefficient (Wildman–Crippen LogP) is 4.22. The largest absolute Gasteiger partial charge is 0.494 e. The Hall–Kier alpha value is -2.95. The number of nitrogens with zero attached hydrogens (tertiary/aromatic N) is 1. The highest BCUT2D eigenvalue weighted by molar-refractivity contribution is 5.88. The zero-order valence-electron chi connectivity index (χ0n) is 15.6. The molecular weight excluding hydrogens is 328 g/mol. The number of aromatic nitrogens is 1. The zero-order valence-corrected chi connectivity index (χ0v) is 15.6. The van der Waals surface area contributed by atoms with Crippen LogP contribution in [0.2, 0.25) is 0 Å². The molecular formula is C21H24N2O3. The van der Waals surface area contributed by atoms with Gasteiger partial charge < -0.3 is 19.5 Å². The van der Waals surface area contributed by atoms with Crippen molar-refractivity contribution < 1.29 is 14.2 Å². The number of hydrogen-bond donors (Lipinski definition) is 1. The van der Waals surface area contributed by atoms with Crippen molar-refractivity contribution in [1.82, 2.24) is 4.98 Å². The molecule has 0 amide bonds. The van der Waals surface area contributed by atoms with Crippen LogP contribution in [0.4, 0.5) is 5.82 Å². The average molecular weight is 352 g/mol. The molecule has 0 atom stereocenters. The molecule has 0 saturated carbocycles. The van der Waals surface area contributed by atoms with Gasteiger partial charge in [-0.1, -0.05) is 18.2 Å². The highest BCUT2D eigenvalue weighted by Gasteiger charge is 2.08. The minimum atomic E-state index is 0.739. The van der Waals surface area contributed by atoms with Crippen molar-refractivity contribution in [1.29, 1.82) is 0 Å². The number of aryl methyl sites for hydroxylation is 1. The molecule has 0 radical (unpaired) electrons. The monoisotopic (exact) mass is 352 g/mol. The van der Waals surface area contributed by atoms with Crippen LogP contribution in [-0.4, -0.2) is 32.9 Å². The summed E-state index contributed by atoms with van der Waals surface area (Å²) >= 11 is 0. The van der Waals surface area contributed by atoms with Crippen LogP contribution in [0.1, 0.15) is 11.1 Å². The predicted molar refractivity (Wildman–Crippen MR) is 105 cm³/mol. The number of methoxy groups -OCH3 is 3. The maximum absolute atomic E-state index is 5.44. The van der Waals surface area contributed by atoms with Gasteiger partial charge in [0.25, 0.3) is 0 Å². The van der Waals surface area contributed by atoms with Crippen LogP contribution in [-0.2, 0) is 6.42 Å². The Labute approximate surface area is 153 Å². The lowest BCUT2D eigenvalue weighted by Gasteiger charge is -2.12. The number of para-hydroxylation sites is 1. The Morgan fingerprint density at radius 2 is 1.65 bits per heavy atom. The third-order valence-electron chi connectivity index (χ3n) is 4.40. The van der Waals surface area contributed by atoms with Crippen LogP contribution < -0.4 is 19.5 Å². The van der Waals surface area contributed by atoms with Crippen LogP contribution in [0.5, 0.6) is 17.2 Å². The highest BCUT2D eigenvalue weighted by atomic mass is 16.5. The maximum Gasteiger partial charge on any atom is 0.160 e. The second kappa shape index (κ2) is 7.95. The Bertz CT molecular complexity index is 909. The van der Waals surface area contributed by atoms with Crippen molar-refractivity contribution in [3.8, 4) is 17.2 Å². The lowest BCUT2D eigenvalue weighted by Crippen LogP contribution is -2.07. The standard InChI is InChI=1S/C21H24N2O3/c1-14-12-20(23-21-16(14)6-5-7-18(21)25-3)22-11-10-15-8-9-17(24-2)19(13-15)26-4/h5-9,12-13H,10-11H2,1-4H3,(H,22,23). The number of benzene rings is 2. The van der Waals surface area contributed by atoms with Gasteiger partial charge in [0.1, 0.15) is 17.1 Å². The topological polar surface area (TPSA) is 52.6 Å². The lowest BCUT2D eigenvalue weighted by atomic mass is 10.1. The summed E-state index contributed by atoms with van der Waals surface area (Å²) in [6, 6.07) is 14.0. The molecule has 0 aliphatic carbocycles. The first-order valence-corrected chi connectivity index (χ1v) is 8.55. The number of ether oxygens (including phenoxy) is 3. The molecule has 1 heterocycles. The van der Waals surface area contributed by atoms with Gasteiger partial charge in [-0.15, -0.1) is 0 Å². The second-order valence-corrected chi connectivity index (χ2v) is 6.05. The van der Waals surface area contributed by atoms with Crippen molar-refractivity contribution in [2.24, 2.45) is 0 Å². The fourth-order valence-electron chi connectivity index (χ4n) is 3.02. The minimum Gasteiger partial charge on any atom is -0.494 e. The van der Waals surface area contributed by atoms with Gasteiger partial charge in [0.15, 0.2) is 11.5 Å². The summed E-state index contributed by atoms with van der Waals surface area (Å²) in [5.74, 6) is 3.12. The quantitative estimate of drug-likeness (QED) is 0.690. The average Bonchev–Trinajstić information content (AvgIpc) is 2.67. The summed E-state index contributed by atoms with van der Waals surface area (Å²) in [7, 11) is 4.96. The Morgan fingerprint density at radius 1 is 0.885 bits per heavy atom. The number of anilines is 1. The molecule has 26 heavy (non-hydrogen) atoms. The second-order valence-electron chi connectivity index (χ2n) is 6.05. The fourth-order valence-corrected chi connectivity index (χ4v) is 3.02. The van der Waals surface area contributed by atoms with Gasteiger partial charge >= 0.3 is 0 Å². The van der Waals surface area contributed by atoms with E-state index in [4.69, 9.17) is 19.2 Å². The van der Waals surface area contributed by atoms with E-state index in [0.29, 0.717) is 0 Å². The SMILES string of the molecule is COc1ccc(CCNc2cc(C)c3cccc(OC)c3n2)cc1OC. The Balaban J connectivity index is 1.74. The lowest BCUT2D eigenvalue weighted by molar-refractivity contribution is 0.354. The highest BCUT2D eigenvalue weighted by Crippen LogP contribution is 2.29. The third kappa shape index (κ3) is 3.67. The smallest absolute Gasteiger partial charge is 0.160 e. The number of hydrogen-bond acceptors (Lipinski definition) is 5. The molecule has 0 unspecified atom stereocenters. The number of rotatable bonds is 7. The van der Waals surface area contributed by atoms with E-state index in [1.807, 2.05) is 30.3 Å². The van der Waals surface area contributed by atoms with E-state index in [2.05, 4.69) is 24.4 Å². The van der Waals surface area contributed by atoms with Crippen LogP contribution >= 0.6 is 0 Å². The van der Waals surface area contributed by atoms with Gasteiger partial charge in [0.2, 0.25) is 0 Å². The molecule has 3 rings (SSSR count). The molecule has 5 nitrogen and oxygen atoms in total. The van der Waals surface area contributed by atoms with E-state index < -0.39 is 0 Å². The summed E-state index contributed by atoms with van der Waals surface area (Å²) in [5, 5.41) is 4.51. The summed E-state index contributed by atoms with van der Waals surface area (Å²) in [6.07, 6.45) is 0.852. The van der Waals surface area contributed by atoms with Gasteiger partial charge in [0, 0.05) is 11.9 Å². The molecule has 136 valence electrons. The summed E-state index contributed by atoms with van der Waals surface area (Å²) in [4.78, 5) is 4.72. The van der Waals surface area contributed by atoms with Crippen LogP contribution in [0, 0.1) is 6.92 Å². The first-order chi connectivity index (χ1) is 12.7. The summed E-state index contributed by atoms with van der Waals surface area (Å²) in [6.45, 7) is 2.85. The molecule has 0 saturated heterocycles. The molecule has 2 aromatic carbocycles. The number of nitrogens with one attached hydrogen (secondary N) is 1. The van der Waals surface area contributed by atoms with E-state index in [0.717, 1.165) is 46.9 Å². The van der Waals surface area contributed by atoms with Gasteiger partial charge in [-0.05, 0) is 48.7 Å². The van der Waals surface area contributed by atoms with E-state index in [-0.39, 0.29) is 0 Å². The molecule has 0 aliphatic heterocycles. The molecule has 1 aromatic heterocycles. The van der Waals surface area contributed by atoms with Crippen molar-refractivity contribution >= 4 is 16.7 Å². The first-order valence-electron chi connectivity index (χ1n) is 8.55. The summed E-state index contributed by atoms with van der Waals surface area (Å²) < 4.78 is 16.1. The summed E-state index contributed by atoms with van der Waals surface area (Å²) in [5.41, 5.74) is 3.22. The number of pyridine rings is 1. The molecule has 0 fully saturated rings. The molecule has 1 N–H and O–H groups in total. The zero-order chi connectivity index (χ0) is 18.5. The Morgan fingerprint density at radius 3 is 2.38 bits per heavy atom. The minimum absolute atomic E-state index is 0.739. The molecule has 3 aromatic rings. The molecule has 0 aliphatic rings. The van der Waals surface area contributed by atoms with Crippen LogP contribution in [0.3, 0.4) is 0 Å². The van der Waals surface area contributed by atoms with Gasteiger partial charge in [0.05, 0.1) is 21.3 Å². The van der Waals surface area contributed by atoms with E-state index in [1.54, 1.807) is 21.3 Å². The van der Waals surface area contributed by atoms with E-state index in [9.17, 15) is 0 Å². The molecule has 0 bridgehead atoms.